The maximum absolute atomic E-state index is 13.2. The number of Topliss-reactive ketones (excluding diaryl/α,β-unsaturated/α-hetero) is 1. The van der Waals surface area contributed by atoms with Crippen molar-refractivity contribution in [3.05, 3.63) is 131 Å². The number of aliphatic hydroxyl groups is 1. The number of carbonyl (C=O) groups is 2. The Hall–Kier alpha value is -4.58. The van der Waals surface area contributed by atoms with E-state index in [1.54, 1.807) is 36.4 Å². The van der Waals surface area contributed by atoms with Crippen molar-refractivity contribution in [2.75, 3.05) is 0 Å². The summed E-state index contributed by atoms with van der Waals surface area (Å²) < 4.78 is 11.3. The van der Waals surface area contributed by atoms with E-state index in [0.29, 0.717) is 29.2 Å². The molecule has 1 atom stereocenters. The molecule has 1 aromatic heterocycles. The van der Waals surface area contributed by atoms with E-state index in [4.69, 9.17) is 9.15 Å². The average molecular weight is 480 g/mol. The van der Waals surface area contributed by atoms with Crippen LogP contribution >= 0.6 is 0 Å². The van der Waals surface area contributed by atoms with Gasteiger partial charge in [0.2, 0.25) is 0 Å². The topological polar surface area (TPSA) is 80.0 Å². The second-order valence-corrected chi connectivity index (χ2v) is 8.72. The molecule has 1 amide bonds. The van der Waals surface area contributed by atoms with E-state index in [9.17, 15) is 14.7 Å². The number of ether oxygens (including phenoxy) is 1. The number of likely N-dealkylation sites (tertiary alicyclic amines) is 1. The van der Waals surface area contributed by atoms with Crippen LogP contribution in [0, 0.1) is 6.92 Å². The third-order valence-electron chi connectivity index (χ3n) is 6.22. The Kier molecular flexibility index (Phi) is 6.41. The molecule has 1 aliphatic heterocycles. The number of ketones is 1. The van der Waals surface area contributed by atoms with Crippen LogP contribution in [0.4, 0.5) is 0 Å². The van der Waals surface area contributed by atoms with Gasteiger partial charge < -0.3 is 19.2 Å². The zero-order chi connectivity index (χ0) is 25.1. The van der Waals surface area contributed by atoms with Crippen LogP contribution in [0.2, 0.25) is 0 Å². The number of carbonyl (C=O) groups excluding carboxylic acids is 2. The molecule has 2 heterocycles. The van der Waals surface area contributed by atoms with Gasteiger partial charge in [-0.25, -0.2) is 0 Å². The minimum atomic E-state index is -0.778. The minimum Gasteiger partial charge on any atom is -0.507 e. The molecule has 0 saturated carbocycles. The summed E-state index contributed by atoms with van der Waals surface area (Å²) in [5.74, 6) is -0.419. The number of aliphatic hydroxyl groups excluding tert-OH is 1. The summed E-state index contributed by atoms with van der Waals surface area (Å²) in [6.07, 6.45) is 1.52. The molecule has 36 heavy (non-hydrogen) atoms. The van der Waals surface area contributed by atoms with Crippen LogP contribution in [0.25, 0.3) is 5.76 Å². The SMILES string of the molecule is Cc1ccc(/C(O)=C2/C(=O)C(=O)N(Cc3ccco3)C2c2ccc(OCc3ccccc3)cc2)cc1. The molecule has 180 valence electrons. The molecule has 0 radical (unpaired) electrons. The van der Waals surface area contributed by atoms with Gasteiger partial charge in [0.1, 0.15) is 23.9 Å². The number of rotatable bonds is 7. The largest absolute Gasteiger partial charge is 0.507 e. The first-order chi connectivity index (χ1) is 17.5. The fourth-order valence-corrected chi connectivity index (χ4v) is 4.31. The number of amides is 1. The van der Waals surface area contributed by atoms with Gasteiger partial charge >= 0.3 is 0 Å². The summed E-state index contributed by atoms with van der Waals surface area (Å²) in [5, 5.41) is 11.2. The summed E-state index contributed by atoms with van der Waals surface area (Å²) in [4.78, 5) is 27.7. The Morgan fingerprint density at radius 3 is 2.31 bits per heavy atom. The Morgan fingerprint density at radius 2 is 1.64 bits per heavy atom. The van der Waals surface area contributed by atoms with Crippen LogP contribution in [0.3, 0.4) is 0 Å². The van der Waals surface area contributed by atoms with Crippen LogP contribution < -0.4 is 4.74 Å². The van der Waals surface area contributed by atoms with Crippen molar-refractivity contribution in [1.82, 2.24) is 4.90 Å². The fourth-order valence-electron chi connectivity index (χ4n) is 4.31. The molecule has 0 bridgehead atoms. The number of nitrogens with zero attached hydrogens (tertiary/aromatic N) is 1. The third kappa shape index (κ3) is 4.66. The normalized spacial score (nSPS) is 16.9. The van der Waals surface area contributed by atoms with Crippen LogP contribution in [0.15, 0.2) is 107 Å². The van der Waals surface area contributed by atoms with Gasteiger partial charge in [-0.15, -0.1) is 0 Å². The van der Waals surface area contributed by atoms with Gasteiger partial charge in [-0.1, -0.05) is 72.3 Å². The molecule has 6 heteroatoms. The number of aryl methyl sites for hydroxylation is 1. The van der Waals surface area contributed by atoms with Gasteiger partial charge in [0, 0.05) is 5.56 Å². The first kappa shape index (κ1) is 23.2. The molecule has 1 aliphatic rings. The first-order valence-electron chi connectivity index (χ1n) is 11.7. The van der Waals surface area contributed by atoms with Gasteiger partial charge in [0.25, 0.3) is 11.7 Å². The van der Waals surface area contributed by atoms with Crippen molar-refractivity contribution >= 4 is 17.4 Å². The Bertz CT molecular complexity index is 1390. The van der Waals surface area contributed by atoms with E-state index in [0.717, 1.165) is 11.1 Å². The van der Waals surface area contributed by atoms with Crippen LogP contribution in [-0.2, 0) is 22.7 Å². The highest BCUT2D eigenvalue weighted by atomic mass is 16.5. The predicted molar refractivity (Wildman–Crippen MR) is 135 cm³/mol. The second-order valence-electron chi connectivity index (χ2n) is 8.72. The van der Waals surface area contributed by atoms with Gasteiger partial charge in [-0.05, 0) is 42.3 Å². The molecule has 6 nitrogen and oxygen atoms in total. The van der Waals surface area contributed by atoms with E-state index in [1.165, 1.54) is 11.2 Å². The van der Waals surface area contributed by atoms with Gasteiger partial charge in [-0.2, -0.15) is 0 Å². The molecule has 1 N–H and O–H groups in total. The van der Waals surface area contributed by atoms with Crippen LogP contribution in [0.1, 0.15) is 34.1 Å². The minimum absolute atomic E-state index is 0.0494. The molecule has 3 aromatic carbocycles. The van der Waals surface area contributed by atoms with E-state index in [-0.39, 0.29) is 17.9 Å². The van der Waals surface area contributed by atoms with E-state index in [1.807, 2.05) is 61.5 Å². The molecule has 4 aromatic rings. The lowest BCUT2D eigenvalue weighted by atomic mass is 9.95. The number of hydrogen-bond acceptors (Lipinski definition) is 5. The van der Waals surface area contributed by atoms with E-state index < -0.39 is 17.7 Å². The van der Waals surface area contributed by atoms with Crippen molar-refractivity contribution in [1.29, 1.82) is 0 Å². The summed E-state index contributed by atoms with van der Waals surface area (Å²) in [5.41, 5.74) is 3.28. The molecule has 0 spiro atoms. The molecular weight excluding hydrogens is 454 g/mol. The van der Waals surface area contributed by atoms with E-state index >= 15 is 0 Å². The highest BCUT2D eigenvalue weighted by Gasteiger charge is 2.46. The smallest absolute Gasteiger partial charge is 0.296 e. The number of benzene rings is 3. The molecule has 0 aliphatic carbocycles. The first-order valence-corrected chi connectivity index (χ1v) is 11.7. The van der Waals surface area contributed by atoms with Crippen LogP contribution in [-0.4, -0.2) is 21.7 Å². The molecule has 1 saturated heterocycles. The molecule has 1 fully saturated rings. The summed E-state index contributed by atoms with van der Waals surface area (Å²) in [6.45, 7) is 2.46. The monoisotopic (exact) mass is 479 g/mol. The fraction of sp³-hybridized carbons (Fsp3) is 0.133. The average Bonchev–Trinajstić information content (AvgIpc) is 3.51. The van der Waals surface area contributed by atoms with E-state index in [2.05, 4.69) is 0 Å². The maximum Gasteiger partial charge on any atom is 0.296 e. The maximum atomic E-state index is 13.2. The lowest BCUT2D eigenvalue weighted by molar-refractivity contribution is -0.140. The standard InChI is InChI=1S/C30H25NO5/c1-20-9-11-23(12-10-20)28(32)26-27(31(30(34)29(26)33)18-25-8-5-17-35-25)22-13-15-24(16-14-22)36-19-21-6-3-2-4-7-21/h2-17,27,32H,18-19H2,1H3/b28-26-. The summed E-state index contributed by atoms with van der Waals surface area (Å²) in [7, 11) is 0. The van der Waals surface area contributed by atoms with Gasteiger partial charge in [0.05, 0.1) is 24.4 Å². The lowest BCUT2D eigenvalue weighted by Gasteiger charge is -2.24. The Balaban J connectivity index is 1.50. The summed E-state index contributed by atoms with van der Waals surface area (Å²) >= 11 is 0. The number of furan rings is 1. The van der Waals surface area contributed by atoms with Crippen molar-refractivity contribution in [2.24, 2.45) is 0 Å². The quantitative estimate of drug-likeness (QED) is 0.206. The van der Waals surface area contributed by atoms with Crippen molar-refractivity contribution < 1.29 is 23.8 Å². The lowest BCUT2D eigenvalue weighted by Crippen LogP contribution is -2.29. The zero-order valence-electron chi connectivity index (χ0n) is 19.8. The Morgan fingerprint density at radius 1 is 0.917 bits per heavy atom. The predicted octanol–water partition coefficient (Wildman–Crippen LogP) is 5.79. The molecule has 1 unspecified atom stereocenters. The second kappa shape index (κ2) is 9.96. The number of hydrogen-bond donors (Lipinski definition) is 1. The van der Waals surface area contributed by atoms with Crippen LogP contribution in [0.5, 0.6) is 5.75 Å². The summed E-state index contributed by atoms with van der Waals surface area (Å²) in [6, 6.07) is 26.9. The molecular formula is C30H25NO5. The highest BCUT2D eigenvalue weighted by molar-refractivity contribution is 6.46. The zero-order valence-corrected chi connectivity index (χ0v) is 19.8. The van der Waals surface area contributed by atoms with Crippen molar-refractivity contribution in [3.8, 4) is 5.75 Å². The van der Waals surface area contributed by atoms with Gasteiger partial charge in [-0.3, -0.25) is 9.59 Å². The molecule has 5 rings (SSSR count). The van der Waals surface area contributed by atoms with Crippen molar-refractivity contribution in [3.63, 3.8) is 0 Å². The third-order valence-corrected chi connectivity index (χ3v) is 6.22. The Labute approximate surface area is 209 Å². The van der Waals surface area contributed by atoms with Gasteiger partial charge in [0.15, 0.2) is 0 Å². The highest BCUT2D eigenvalue weighted by Crippen LogP contribution is 2.40. The van der Waals surface area contributed by atoms with Crippen molar-refractivity contribution in [2.45, 2.75) is 26.1 Å².